The molecule has 2 heterocycles. The van der Waals surface area contributed by atoms with E-state index in [1.54, 1.807) is 11.3 Å². The summed E-state index contributed by atoms with van der Waals surface area (Å²) in [5.41, 5.74) is 13.7. The summed E-state index contributed by atoms with van der Waals surface area (Å²) in [6.07, 6.45) is 5.93. The van der Waals surface area contributed by atoms with Gasteiger partial charge in [-0.05, 0) is 60.0 Å². The number of aryl methyl sites for hydroxylation is 2. The number of aldehydes is 1. The number of thiazole rings is 1. The van der Waals surface area contributed by atoms with Crippen molar-refractivity contribution >= 4 is 61.8 Å². The highest BCUT2D eigenvalue weighted by molar-refractivity contribution is 7.18. The summed E-state index contributed by atoms with van der Waals surface area (Å²) in [4.78, 5) is 14.3. The third-order valence-corrected chi connectivity index (χ3v) is 7.13. The molecule has 0 fully saturated rings. The van der Waals surface area contributed by atoms with Gasteiger partial charge in [-0.3, -0.25) is 4.79 Å². The lowest BCUT2D eigenvalue weighted by atomic mass is 10.1. The molecule has 0 unspecified atom stereocenters. The van der Waals surface area contributed by atoms with Crippen molar-refractivity contribution in [2.45, 2.75) is 13.0 Å². The number of azide groups is 1. The van der Waals surface area contributed by atoms with Crippen LogP contribution in [-0.2, 0) is 13.6 Å². The van der Waals surface area contributed by atoms with Gasteiger partial charge in [0.1, 0.15) is 18.0 Å². The molecule has 2 aromatic heterocycles. The highest BCUT2D eigenvalue weighted by Gasteiger charge is 2.14. The number of carbonyl (C=O) groups is 1. The monoisotopic (exact) mass is 452 g/mol. The van der Waals surface area contributed by atoms with Crippen LogP contribution in [0.15, 0.2) is 65.8 Å². The quantitative estimate of drug-likeness (QED) is 0.0692. The summed E-state index contributed by atoms with van der Waals surface area (Å²) in [5, 5.41) is 7.01. The molecule has 3 aromatic carbocycles. The smallest absolute Gasteiger partial charge is 0.262 e. The largest absolute Gasteiger partial charge is 0.340 e. The number of rotatable bonds is 7. The summed E-state index contributed by atoms with van der Waals surface area (Å²) in [7, 11) is 2.09. The Morgan fingerprint density at radius 2 is 1.76 bits per heavy atom. The van der Waals surface area contributed by atoms with Gasteiger partial charge in [-0.2, -0.15) is 4.57 Å². The predicted molar refractivity (Wildman–Crippen MR) is 135 cm³/mol. The van der Waals surface area contributed by atoms with E-state index < -0.39 is 0 Å². The van der Waals surface area contributed by atoms with Crippen molar-refractivity contribution in [3.63, 3.8) is 0 Å². The van der Waals surface area contributed by atoms with E-state index in [0.717, 1.165) is 46.6 Å². The Bertz CT molecular complexity index is 1590. The number of hydrogen-bond acceptors (Lipinski definition) is 3. The van der Waals surface area contributed by atoms with E-state index in [1.165, 1.54) is 15.2 Å². The van der Waals surface area contributed by atoms with Gasteiger partial charge < -0.3 is 4.57 Å². The van der Waals surface area contributed by atoms with E-state index in [2.05, 4.69) is 80.8 Å². The van der Waals surface area contributed by atoms with Crippen molar-refractivity contribution in [3.05, 3.63) is 87.2 Å². The van der Waals surface area contributed by atoms with E-state index in [0.29, 0.717) is 12.1 Å². The van der Waals surface area contributed by atoms with Crippen molar-refractivity contribution < 1.29 is 9.36 Å². The van der Waals surface area contributed by atoms with Gasteiger partial charge in [-0.25, -0.2) is 0 Å². The van der Waals surface area contributed by atoms with E-state index in [-0.39, 0.29) is 0 Å². The molecule has 7 heteroatoms. The fourth-order valence-electron chi connectivity index (χ4n) is 4.34. The van der Waals surface area contributed by atoms with Gasteiger partial charge in [0.05, 0.1) is 0 Å². The molecule has 0 bridgehead atoms. The number of carbonyl (C=O) groups excluding carboxylic acids is 1. The molecule has 162 valence electrons. The van der Waals surface area contributed by atoms with Gasteiger partial charge in [-0.15, -0.1) is 0 Å². The van der Waals surface area contributed by atoms with Crippen LogP contribution in [-0.4, -0.2) is 17.4 Å². The normalized spacial score (nSPS) is 11.5. The van der Waals surface area contributed by atoms with E-state index in [1.807, 2.05) is 18.2 Å². The van der Waals surface area contributed by atoms with Crippen LogP contribution >= 0.6 is 11.3 Å². The van der Waals surface area contributed by atoms with Crippen LogP contribution in [0.2, 0.25) is 0 Å². The Labute approximate surface area is 194 Å². The lowest BCUT2D eigenvalue weighted by Crippen LogP contribution is -2.28. The van der Waals surface area contributed by atoms with Crippen LogP contribution in [0.1, 0.15) is 27.3 Å². The SMILES string of the molecule is C[n+]1c(/C=C/c2ccc3c(c2)c2cc(C=O)ccc2n3CCCN=[N+]=[N-])sc2ccccc21. The minimum atomic E-state index is 0.455. The highest BCUT2D eigenvalue weighted by atomic mass is 32.1. The van der Waals surface area contributed by atoms with E-state index in [9.17, 15) is 4.79 Å². The summed E-state index contributed by atoms with van der Waals surface area (Å²) < 4.78 is 5.72. The molecule has 0 aliphatic rings. The van der Waals surface area contributed by atoms with Crippen LogP contribution in [0.4, 0.5) is 0 Å². The molecule has 33 heavy (non-hydrogen) atoms. The summed E-state index contributed by atoms with van der Waals surface area (Å²) in [6.45, 7) is 1.20. The zero-order chi connectivity index (χ0) is 22.8. The maximum absolute atomic E-state index is 11.4. The number of nitrogens with zero attached hydrogens (tertiary/aromatic N) is 5. The maximum atomic E-state index is 11.4. The lowest BCUT2D eigenvalue weighted by molar-refractivity contribution is -0.642. The van der Waals surface area contributed by atoms with Gasteiger partial charge in [0.15, 0.2) is 0 Å². The molecule has 0 aliphatic heterocycles. The van der Waals surface area contributed by atoms with Gasteiger partial charge >= 0.3 is 0 Å². The Balaban J connectivity index is 1.57. The average molecular weight is 453 g/mol. The molecule has 0 radical (unpaired) electrons. The number of fused-ring (bicyclic) bond motifs is 4. The predicted octanol–water partition coefficient (Wildman–Crippen LogP) is 6.52. The van der Waals surface area contributed by atoms with Crippen LogP contribution < -0.4 is 4.57 Å². The second-order valence-electron chi connectivity index (χ2n) is 7.93. The van der Waals surface area contributed by atoms with Crippen molar-refractivity contribution in [1.82, 2.24) is 4.57 Å². The first-order valence-electron chi connectivity index (χ1n) is 10.8. The molecular formula is C26H22N5OS+. The summed E-state index contributed by atoms with van der Waals surface area (Å²) >= 11 is 1.77. The molecule has 6 nitrogen and oxygen atoms in total. The molecule has 0 spiro atoms. The van der Waals surface area contributed by atoms with Crippen LogP contribution in [0.25, 0.3) is 54.6 Å². The van der Waals surface area contributed by atoms with Crippen molar-refractivity contribution in [2.24, 2.45) is 12.2 Å². The standard InChI is InChI=1S/C26H22N5OS/c1-30-24-5-2-3-6-25(24)33-26(30)12-9-18-7-10-22-20(15-18)21-16-19(17-32)8-11-23(21)31(22)14-4-13-28-29-27/h2-3,5-12,15-17H,4,13-14H2,1H3/q+1. The van der Waals surface area contributed by atoms with Crippen molar-refractivity contribution in [3.8, 4) is 0 Å². The van der Waals surface area contributed by atoms with Crippen LogP contribution in [0.5, 0.6) is 0 Å². The number of hydrogen-bond donors (Lipinski definition) is 0. The summed E-state index contributed by atoms with van der Waals surface area (Å²) in [5.74, 6) is 0. The molecule has 5 aromatic rings. The average Bonchev–Trinajstić information content (AvgIpc) is 3.34. The number of para-hydroxylation sites is 1. The Hall–Kier alpha value is -3.93. The first kappa shape index (κ1) is 20.9. The fraction of sp³-hybridized carbons (Fsp3) is 0.154. The molecule has 0 amide bonds. The lowest BCUT2D eigenvalue weighted by Gasteiger charge is -2.06. The number of aromatic nitrogens is 2. The second-order valence-corrected chi connectivity index (χ2v) is 8.99. The van der Waals surface area contributed by atoms with Gasteiger partial charge in [0.25, 0.3) is 5.01 Å². The van der Waals surface area contributed by atoms with Gasteiger partial charge in [0.2, 0.25) is 5.52 Å². The Kier molecular flexibility index (Phi) is 5.65. The second kappa shape index (κ2) is 8.90. The molecule has 0 saturated heterocycles. The van der Waals surface area contributed by atoms with Crippen LogP contribution in [0, 0.1) is 0 Å². The van der Waals surface area contributed by atoms with Gasteiger partial charge in [0, 0.05) is 57.5 Å². The molecule has 5 rings (SSSR count). The Morgan fingerprint density at radius 3 is 2.48 bits per heavy atom. The van der Waals surface area contributed by atoms with Crippen molar-refractivity contribution in [1.29, 1.82) is 0 Å². The molecule has 0 atom stereocenters. The molecular weight excluding hydrogens is 430 g/mol. The maximum Gasteiger partial charge on any atom is 0.262 e. The highest BCUT2D eigenvalue weighted by Crippen LogP contribution is 2.31. The van der Waals surface area contributed by atoms with Gasteiger partial charge in [-0.1, -0.05) is 34.7 Å². The van der Waals surface area contributed by atoms with Crippen LogP contribution in [0.3, 0.4) is 0 Å². The summed E-state index contributed by atoms with van der Waals surface area (Å²) in [6, 6.07) is 20.6. The van der Waals surface area contributed by atoms with Crippen molar-refractivity contribution in [2.75, 3.05) is 6.54 Å². The third kappa shape index (κ3) is 3.89. The zero-order valence-corrected chi connectivity index (χ0v) is 19.0. The zero-order valence-electron chi connectivity index (χ0n) is 18.2. The fourth-order valence-corrected chi connectivity index (χ4v) is 5.39. The molecule has 0 N–H and O–H groups in total. The first-order chi connectivity index (χ1) is 16.2. The molecule has 0 saturated carbocycles. The third-order valence-electron chi connectivity index (χ3n) is 5.94. The first-order valence-corrected chi connectivity index (χ1v) is 11.6. The number of benzene rings is 3. The minimum absolute atomic E-state index is 0.455. The minimum Gasteiger partial charge on any atom is -0.340 e. The topological polar surface area (TPSA) is 74.6 Å². The molecule has 0 aliphatic carbocycles. The Morgan fingerprint density at radius 1 is 1.03 bits per heavy atom. The van der Waals surface area contributed by atoms with E-state index >= 15 is 0 Å². The van der Waals surface area contributed by atoms with E-state index in [4.69, 9.17) is 5.53 Å².